The predicted octanol–water partition coefficient (Wildman–Crippen LogP) is 3.31. The first-order valence-corrected chi connectivity index (χ1v) is 5.69. The molecule has 0 unspecified atom stereocenters. The van der Waals surface area contributed by atoms with Crippen LogP contribution in [0.25, 0.3) is 0 Å². The average Bonchev–Trinajstić information content (AvgIpc) is 2.15. The summed E-state index contributed by atoms with van der Waals surface area (Å²) in [5.74, 6) is -0.858. The molecule has 0 radical (unpaired) electrons. The zero-order valence-electron chi connectivity index (χ0n) is 9.71. The number of hydrogen-bond acceptors (Lipinski definition) is 3. The predicted molar refractivity (Wildman–Crippen MR) is 66.6 cm³/mol. The molecule has 1 aromatic carbocycles. The van der Waals surface area contributed by atoms with Gasteiger partial charge in [0.05, 0.1) is 0 Å². The van der Waals surface area contributed by atoms with Crippen LogP contribution in [0.1, 0.15) is 26.3 Å². The Bertz CT molecular complexity index is 461. The lowest BCUT2D eigenvalue weighted by Gasteiger charge is -2.22. The van der Waals surface area contributed by atoms with Crippen molar-refractivity contribution in [3.05, 3.63) is 28.8 Å². The monoisotopic (exact) mass is 274 g/mol. The molecule has 0 saturated heterocycles. The third-order valence-electron chi connectivity index (χ3n) is 2.11. The molecule has 0 spiro atoms. The highest BCUT2D eigenvalue weighted by atomic mass is 35.5. The van der Waals surface area contributed by atoms with E-state index in [1.165, 1.54) is 6.07 Å². The fourth-order valence-electron chi connectivity index (χ4n) is 1.34. The van der Waals surface area contributed by atoms with Crippen molar-refractivity contribution in [3.63, 3.8) is 0 Å². The Labute approximate surface area is 110 Å². The minimum atomic E-state index is -1.16. The molecule has 0 aliphatic heterocycles. The molecule has 0 aromatic heterocycles. The van der Waals surface area contributed by atoms with E-state index >= 15 is 0 Å². The Morgan fingerprint density at radius 1 is 1.24 bits per heavy atom. The van der Waals surface area contributed by atoms with E-state index in [2.05, 4.69) is 0 Å². The number of carbonyl (C=O) groups excluding carboxylic acids is 2. The normalized spacial score (nSPS) is 11.1. The van der Waals surface area contributed by atoms with Crippen molar-refractivity contribution >= 4 is 34.4 Å². The Hall–Kier alpha value is -1.06. The van der Waals surface area contributed by atoms with Gasteiger partial charge in [0.15, 0.2) is 0 Å². The van der Waals surface area contributed by atoms with Crippen LogP contribution < -0.4 is 4.74 Å². The molecule has 0 aliphatic carbocycles. The van der Waals surface area contributed by atoms with Crippen molar-refractivity contribution in [2.45, 2.75) is 26.2 Å². The maximum Gasteiger partial charge on any atom is 0.396 e. The molecule has 0 amide bonds. The van der Waals surface area contributed by atoms with Gasteiger partial charge in [-0.1, -0.05) is 38.4 Å². The molecule has 0 N–H and O–H groups in total. The summed E-state index contributed by atoms with van der Waals surface area (Å²) in [5.41, 5.74) is 0.531. The molecule has 0 aliphatic rings. The second-order valence-corrected chi connectivity index (χ2v) is 5.33. The topological polar surface area (TPSA) is 43.4 Å². The average molecular weight is 275 g/mol. The zero-order chi connectivity index (χ0) is 13.2. The van der Waals surface area contributed by atoms with Crippen LogP contribution in [0.3, 0.4) is 0 Å². The molecular weight excluding hydrogens is 263 g/mol. The molecular formula is C12H12Cl2O3. The summed E-state index contributed by atoms with van der Waals surface area (Å²) >= 11 is 10.9. The maximum absolute atomic E-state index is 11.2. The Kier molecular flexibility index (Phi) is 4.17. The van der Waals surface area contributed by atoms with Crippen LogP contribution in [-0.4, -0.2) is 11.2 Å². The van der Waals surface area contributed by atoms with Gasteiger partial charge in [0.1, 0.15) is 5.75 Å². The van der Waals surface area contributed by atoms with Gasteiger partial charge in [-0.2, -0.15) is 0 Å². The molecule has 0 heterocycles. The first kappa shape index (κ1) is 14.0. The quantitative estimate of drug-likeness (QED) is 0.360. The number of benzene rings is 1. The summed E-state index contributed by atoms with van der Waals surface area (Å²) in [6.07, 6.45) is 0. The van der Waals surface area contributed by atoms with Crippen LogP contribution in [-0.2, 0) is 15.0 Å². The highest BCUT2D eigenvalue weighted by Gasteiger charge is 2.22. The summed E-state index contributed by atoms with van der Waals surface area (Å²) in [6, 6.07) is 4.94. The van der Waals surface area contributed by atoms with E-state index in [4.69, 9.17) is 27.9 Å². The van der Waals surface area contributed by atoms with E-state index in [1.807, 2.05) is 20.8 Å². The van der Waals surface area contributed by atoms with Gasteiger partial charge in [-0.25, -0.2) is 4.79 Å². The fraction of sp³-hybridized carbons (Fsp3) is 0.333. The summed E-state index contributed by atoms with van der Waals surface area (Å²) in [6.45, 7) is 5.86. The molecule has 92 valence electrons. The van der Waals surface area contributed by atoms with E-state index in [-0.39, 0.29) is 11.2 Å². The number of ether oxygens (including phenoxy) is 1. The van der Waals surface area contributed by atoms with E-state index in [0.717, 1.165) is 5.56 Å². The van der Waals surface area contributed by atoms with Gasteiger partial charge in [-0.15, -0.1) is 0 Å². The fourth-order valence-corrected chi connectivity index (χ4v) is 1.54. The Balaban J connectivity index is 3.17. The second kappa shape index (κ2) is 5.07. The van der Waals surface area contributed by atoms with Gasteiger partial charge >= 0.3 is 11.2 Å². The number of rotatable bonds is 2. The van der Waals surface area contributed by atoms with Crippen molar-refractivity contribution in [2.24, 2.45) is 0 Å². The summed E-state index contributed by atoms with van der Waals surface area (Å²) in [5, 5.41) is -0.743. The molecule has 5 heteroatoms. The van der Waals surface area contributed by atoms with Gasteiger partial charge in [-0.05, 0) is 29.1 Å². The van der Waals surface area contributed by atoms with Gasteiger partial charge in [0.25, 0.3) is 0 Å². The summed E-state index contributed by atoms with van der Waals surface area (Å²) in [4.78, 5) is 21.8. The van der Waals surface area contributed by atoms with E-state index in [0.29, 0.717) is 5.02 Å². The summed E-state index contributed by atoms with van der Waals surface area (Å²) < 4.78 is 4.91. The van der Waals surface area contributed by atoms with Crippen LogP contribution in [0, 0.1) is 0 Å². The molecule has 1 rings (SSSR count). The molecule has 0 bridgehead atoms. The number of hydrogen-bond donors (Lipinski definition) is 0. The highest BCUT2D eigenvalue weighted by Crippen LogP contribution is 2.33. The highest BCUT2D eigenvalue weighted by molar-refractivity contribution is 6.80. The standard InChI is InChI=1S/C12H12Cl2O3/c1-12(2,3)8-5-4-7(13)6-9(8)17-11(16)10(14)15/h4-6H,1-3H3. The Morgan fingerprint density at radius 3 is 2.29 bits per heavy atom. The van der Waals surface area contributed by atoms with Crippen LogP contribution in [0.4, 0.5) is 0 Å². The van der Waals surface area contributed by atoms with Crippen molar-refractivity contribution in [2.75, 3.05) is 0 Å². The largest absolute Gasteiger partial charge is 0.419 e. The number of carbonyl (C=O) groups is 2. The minimum Gasteiger partial charge on any atom is -0.419 e. The summed E-state index contributed by atoms with van der Waals surface area (Å²) in [7, 11) is 0. The second-order valence-electron chi connectivity index (χ2n) is 4.55. The van der Waals surface area contributed by atoms with Crippen LogP contribution in [0.15, 0.2) is 18.2 Å². The third-order valence-corrected chi connectivity index (χ3v) is 2.50. The maximum atomic E-state index is 11.2. The lowest BCUT2D eigenvalue weighted by molar-refractivity contribution is -0.143. The van der Waals surface area contributed by atoms with Gasteiger partial charge in [0, 0.05) is 10.6 Å². The van der Waals surface area contributed by atoms with Crippen molar-refractivity contribution in [1.82, 2.24) is 0 Å². The molecule has 0 atom stereocenters. The minimum absolute atomic E-state index is 0.241. The van der Waals surface area contributed by atoms with Crippen LogP contribution in [0.2, 0.25) is 5.02 Å². The van der Waals surface area contributed by atoms with E-state index in [1.54, 1.807) is 12.1 Å². The smallest absolute Gasteiger partial charge is 0.396 e. The van der Waals surface area contributed by atoms with Gasteiger partial charge < -0.3 is 4.74 Å². The number of halogens is 2. The first-order chi connectivity index (χ1) is 7.71. The van der Waals surface area contributed by atoms with Crippen molar-refractivity contribution in [1.29, 1.82) is 0 Å². The zero-order valence-corrected chi connectivity index (χ0v) is 11.2. The SMILES string of the molecule is CC(C)(C)c1ccc(Cl)cc1OC(=O)C(=O)Cl. The van der Waals surface area contributed by atoms with Crippen LogP contribution in [0.5, 0.6) is 5.75 Å². The number of esters is 1. The van der Waals surface area contributed by atoms with Gasteiger partial charge in [-0.3, -0.25) is 4.79 Å². The van der Waals surface area contributed by atoms with E-state index < -0.39 is 11.2 Å². The van der Waals surface area contributed by atoms with Crippen molar-refractivity contribution < 1.29 is 14.3 Å². The van der Waals surface area contributed by atoms with Crippen LogP contribution >= 0.6 is 23.2 Å². The third kappa shape index (κ3) is 3.72. The first-order valence-electron chi connectivity index (χ1n) is 4.93. The Morgan fingerprint density at radius 2 is 1.82 bits per heavy atom. The van der Waals surface area contributed by atoms with Gasteiger partial charge in [0.2, 0.25) is 0 Å². The van der Waals surface area contributed by atoms with Crippen molar-refractivity contribution in [3.8, 4) is 5.75 Å². The van der Waals surface area contributed by atoms with E-state index in [9.17, 15) is 9.59 Å². The lowest BCUT2D eigenvalue weighted by atomic mass is 9.86. The molecule has 0 fully saturated rings. The molecule has 1 aromatic rings. The molecule has 3 nitrogen and oxygen atoms in total. The lowest BCUT2D eigenvalue weighted by Crippen LogP contribution is -2.19. The molecule has 17 heavy (non-hydrogen) atoms. The molecule has 0 saturated carbocycles.